The average molecular weight is 396 g/mol. The first-order chi connectivity index (χ1) is 12.0. The van der Waals surface area contributed by atoms with Crippen LogP contribution < -0.4 is 5.84 Å². The van der Waals surface area contributed by atoms with Crippen molar-refractivity contribution in [1.82, 2.24) is 14.9 Å². The molecule has 0 aliphatic rings. The normalized spacial score (nSPS) is 10.8. The van der Waals surface area contributed by atoms with Crippen LogP contribution in [-0.4, -0.2) is 19.8 Å². The van der Waals surface area contributed by atoms with Gasteiger partial charge in [-0.15, -0.1) is 10.2 Å². The number of halogens is 2. The van der Waals surface area contributed by atoms with Crippen molar-refractivity contribution in [3.05, 3.63) is 68.2 Å². The van der Waals surface area contributed by atoms with E-state index in [1.54, 1.807) is 30.3 Å². The minimum atomic E-state index is -0.432. The minimum absolute atomic E-state index is 0.0405. The van der Waals surface area contributed by atoms with E-state index in [9.17, 15) is 10.1 Å². The summed E-state index contributed by atoms with van der Waals surface area (Å²) in [7, 11) is 0. The van der Waals surface area contributed by atoms with E-state index < -0.39 is 4.92 Å². The first-order valence-corrected chi connectivity index (χ1v) is 8.72. The molecule has 0 aliphatic heterocycles. The quantitative estimate of drug-likeness (QED) is 0.301. The summed E-state index contributed by atoms with van der Waals surface area (Å²) in [5, 5.41) is 20.4. The van der Waals surface area contributed by atoms with Gasteiger partial charge in [-0.2, -0.15) is 0 Å². The molecule has 0 fully saturated rings. The summed E-state index contributed by atoms with van der Waals surface area (Å²) in [5.41, 5.74) is 1.40. The van der Waals surface area contributed by atoms with E-state index in [1.165, 1.54) is 28.6 Å². The number of aromatic nitrogens is 3. The number of hydrogen-bond donors (Lipinski definition) is 1. The lowest BCUT2D eigenvalue weighted by Crippen LogP contribution is -2.11. The highest BCUT2D eigenvalue weighted by Gasteiger charge is 2.16. The molecule has 2 aromatic carbocycles. The number of non-ortho nitro benzene ring substituents is 1. The number of thioether (sulfide) groups is 1. The number of benzene rings is 2. The summed E-state index contributed by atoms with van der Waals surface area (Å²) >= 11 is 13.5. The predicted molar refractivity (Wildman–Crippen MR) is 98.3 cm³/mol. The topological polar surface area (TPSA) is 99.9 Å². The fourth-order valence-electron chi connectivity index (χ4n) is 2.14. The number of nitrogens with two attached hydrogens (primary N) is 1. The van der Waals surface area contributed by atoms with Crippen LogP contribution in [0.5, 0.6) is 0 Å². The number of rotatable bonds is 5. The Morgan fingerprint density at radius 2 is 2.00 bits per heavy atom. The van der Waals surface area contributed by atoms with E-state index in [4.69, 9.17) is 29.0 Å². The van der Waals surface area contributed by atoms with Crippen LogP contribution in [-0.2, 0) is 5.75 Å². The van der Waals surface area contributed by atoms with Crippen LogP contribution in [0.25, 0.3) is 11.4 Å². The minimum Gasteiger partial charge on any atom is -0.335 e. The second kappa shape index (κ2) is 7.30. The zero-order valence-corrected chi connectivity index (χ0v) is 14.9. The van der Waals surface area contributed by atoms with Crippen molar-refractivity contribution in [2.75, 3.05) is 5.84 Å². The summed E-state index contributed by atoms with van der Waals surface area (Å²) in [4.78, 5) is 10.4. The molecule has 7 nitrogen and oxygen atoms in total. The molecule has 0 saturated heterocycles. The van der Waals surface area contributed by atoms with Crippen molar-refractivity contribution >= 4 is 40.7 Å². The summed E-state index contributed by atoms with van der Waals surface area (Å²) in [6.07, 6.45) is 0. The molecular weight excluding hydrogens is 385 g/mol. The van der Waals surface area contributed by atoms with Crippen LogP contribution in [0.2, 0.25) is 10.0 Å². The van der Waals surface area contributed by atoms with Gasteiger partial charge in [-0.3, -0.25) is 10.1 Å². The molecule has 0 atom stereocenters. The summed E-state index contributed by atoms with van der Waals surface area (Å²) in [6.45, 7) is 0. The molecule has 1 aromatic heterocycles. The lowest BCUT2D eigenvalue weighted by molar-refractivity contribution is -0.384. The van der Waals surface area contributed by atoms with Crippen LogP contribution in [0.4, 0.5) is 5.69 Å². The van der Waals surface area contributed by atoms with Gasteiger partial charge in [0.05, 0.1) is 9.95 Å². The molecule has 0 unspecified atom stereocenters. The molecular formula is C15H11Cl2N5O2S. The lowest BCUT2D eigenvalue weighted by atomic mass is 10.2. The SMILES string of the molecule is Nn1c(SCc2cccc([N+](=O)[O-])c2)nnc1-c1cc(Cl)ccc1Cl. The third-order valence-electron chi connectivity index (χ3n) is 3.32. The Balaban J connectivity index is 1.81. The maximum absolute atomic E-state index is 10.8. The van der Waals surface area contributed by atoms with Gasteiger partial charge in [-0.1, -0.05) is 47.1 Å². The van der Waals surface area contributed by atoms with Gasteiger partial charge in [-0.05, 0) is 23.8 Å². The largest absolute Gasteiger partial charge is 0.335 e. The molecule has 25 heavy (non-hydrogen) atoms. The van der Waals surface area contributed by atoms with Crippen molar-refractivity contribution in [3.8, 4) is 11.4 Å². The van der Waals surface area contributed by atoms with Crippen molar-refractivity contribution in [2.45, 2.75) is 10.9 Å². The van der Waals surface area contributed by atoms with Crippen LogP contribution in [0, 0.1) is 10.1 Å². The molecule has 0 amide bonds. The van der Waals surface area contributed by atoms with E-state index in [0.29, 0.717) is 32.3 Å². The molecule has 0 aliphatic carbocycles. The van der Waals surface area contributed by atoms with Gasteiger partial charge in [0.2, 0.25) is 5.16 Å². The maximum Gasteiger partial charge on any atom is 0.269 e. The Labute approximate surface area is 156 Å². The van der Waals surface area contributed by atoms with Gasteiger partial charge in [0, 0.05) is 28.5 Å². The predicted octanol–water partition coefficient (Wildman–Crippen LogP) is 4.17. The number of hydrogen-bond acceptors (Lipinski definition) is 6. The fourth-order valence-corrected chi connectivity index (χ4v) is 3.31. The Hall–Kier alpha value is -2.29. The molecule has 3 rings (SSSR count). The van der Waals surface area contributed by atoms with Gasteiger partial charge in [-0.25, -0.2) is 4.68 Å². The molecule has 128 valence electrons. The fraction of sp³-hybridized carbons (Fsp3) is 0.0667. The summed E-state index contributed by atoms with van der Waals surface area (Å²) < 4.78 is 1.32. The van der Waals surface area contributed by atoms with Gasteiger partial charge in [0.15, 0.2) is 5.82 Å². The van der Waals surface area contributed by atoms with Crippen molar-refractivity contribution < 1.29 is 4.92 Å². The maximum atomic E-state index is 10.8. The third-order valence-corrected chi connectivity index (χ3v) is 4.90. The van der Waals surface area contributed by atoms with Gasteiger partial charge in [0.1, 0.15) is 0 Å². The number of nitro groups is 1. The van der Waals surface area contributed by atoms with E-state index in [-0.39, 0.29) is 5.69 Å². The summed E-state index contributed by atoms with van der Waals surface area (Å²) in [6, 6.07) is 11.4. The number of nitrogens with zero attached hydrogens (tertiary/aromatic N) is 4. The molecule has 0 spiro atoms. The zero-order valence-electron chi connectivity index (χ0n) is 12.6. The molecule has 3 aromatic rings. The highest BCUT2D eigenvalue weighted by atomic mass is 35.5. The van der Waals surface area contributed by atoms with E-state index >= 15 is 0 Å². The average Bonchev–Trinajstić information content (AvgIpc) is 2.96. The Kier molecular flexibility index (Phi) is 5.12. The first-order valence-electron chi connectivity index (χ1n) is 6.98. The van der Waals surface area contributed by atoms with Gasteiger partial charge >= 0.3 is 0 Å². The smallest absolute Gasteiger partial charge is 0.269 e. The van der Waals surface area contributed by atoms with Crippen molar-refractivity contribution in [2.24, 2.45) is 0 Å². The number of nitro benzene ring substituents is 1. The van der Waals surface area contributed by atoms with Crippen LogP contribution in [0.15, 0.2) is 47.6 Å². The Bertz CT molecular complexity index is 947. The number of nitrogen functional groups attached to an aromatic ring is 1. The van der Waals surface area contributed by atoms with E-state index in [1.807, 2.05) is 0 Å². The molecule has 0 saturated carbocycles. The Morgan fingerprint density at radius 1 is 1.20 bits per heavy atom. The molecule has 0 bridgehead atoms. The molecule has 0 radical (unpaired) electrons. The Morgan fingerprint density at radius 3 is 2.76 bits per heavy atom. The van der Waals surface area contributed by atoms with Gasteiger partial charge < -0.3 is 5.84 Å². The van der Waals surface area contributed by atoms with Crippen molar-refractivity contribution in [1.29, 1.82) is 0 Å². The van der Waals surface area contributed by atoms with Crippen molar-refractivity contribution in [3.63, 3.8) is 0 Å². The lowest BCUT2D eigenvalue weighted by Gasteiger charge is -2.06. The van der Waals surface area contributed by atoms with E-state index in [0.717, 1.165) is 5.56 Å². The van der Waals surface area contributed by atoms with Crippen LogP contribution in [0.1, 0.15) is 5.56 Å². The van der Waals surface area contributed by atoms with Gasteiger partial charge in [0.25, 0.3) is 5.69 Å². The van der Waals surface area contributed by atoms with E-state index in [2.05, 4.69) is 10.2 Å². The second-order valence-corrected chi connectivity index (χ2v) is 6.80. The monoisotopic (exact) mass is 395 g/mol. The second-order valence-electron chi connectivity index (χ2n) is 5.02. The molecule has 1 heterocycles. The molecule has 10 heteroatoms. The first kappa shape index (κ1) is 17.5. The highest BCUT2D eigenvalue weighted by molar-refractivity contribution is 7.98. The standard InChI is InChI=1S/C15H11Cl2N5O2S/c16-10-4-5-13(17)12(7-10)14-19-20-15(21(14)18)25-8-9-2-1-3-11(6-9)22(23)24/h1-7H,8,18H2. The van der Waals surface area contributed by atoms with Crippen LogP contribution >= 0.6 is 35.0 Å². The third kappa shape index (κ3) is 3.87. The van der Waals surface area contributed by atoms with Crippen LogP contribution in [0.3, 0.4) is 0 Å². The highest BCUT2D eigenvalue weighted by Crippen LogP contribution is 2.31. The summed E-state index contributed by atoms with van der Waals surface area (Å²) in [5.74, 6) is 6.90. The molecule has 2 N–H and O–H groups in total. The zero-order chi connectivity index (χ0) is 18.0.